The molecule has 1 unspecified atom stereocenters. The third-order valence-corrected chi connectivity index (χ3v) is 26.5. The molecular formula is C53H70N5O11PSSi2. The van der Waals surface area contributed by atoms with Crippen LogP contribution in [0.25, 0.3) is 10.9 Å². The van der Waals surface area contributed by atoms with Gasteiger partial charge in [-0.3, -0.25) is 28.7 Å². The number of fused-ring (bicyclic) bond motifs is 1. The molecule has 6 aromatic rings. The fourth-order valence-corrected chi connectivity index (χ4v) is 17.8. The number of aromatic nitrogens is 5. The van der Waals surface area contributed by atoms with Crippen LogP contribution in [-0.4, -0.2) is 84.5 Å². The summed E-state index contributed by atoms with van der Waals surface area (Å²) in [5.41, 5.74) is 0.386. The molecular weight excluding hydrogens is 1000 g/mol. The minimum absolute atomic E-state index is 0.127. The summed E-state index contributed by atoms with van der Waals surface area (Å²) in [6.07, 6.45) is -1.49. The number of aryl methyl sites for hydroxylation is 2. The standard InChI is InChI=1S/C53H70N5O11PSSi2/c1-34-30-57(50(61)55-48(34)59)46-28-42(45(66-46)33-64-72(10,11)52(4,5)6)68-70(71,67-36(3)26-38-27-37-20-18-19-25-41(37)54-38)63-32-44-43(29-47(65-44)58-31-35(2)49(60)56-51(58)62)69-73(53(7,8)9,39-21-14-12-15-22-39)40-23-16-13-17-24-40/h12-25,27,30-31,36,42-47,54H,26,28-29,32-33H2,1-11H3,(H,55,59,61)(H,56,60,62)/t36-,42+,43+,44-,45-,46-,47-,70?/m1/s1. The molecule has 73 heavy (non-hydrogen) atoms. The number of nitrogens with one attached hydrogen (secondary N) is 3. The number of para-hydroxylation sites is 1. The van der Waals surface area contributed by atoms with Crippen molar-refractivity contribution in [2.45, 2.75) is 148 Å². The minimum atomic E-state index is -3.86. The van der Waals surface area contributed by atoms with Crippen molar-refractivity contribution >= 4 is 56.4 Å². The van der Waals surface area contributed by atoms with Gasteiger partial charge in [-0.25, -0.2) is 9.59 Å². The number of rotatable bonds is 18. The molecule has 8 rings (SSSR count). The molecule has 0 spiro atoms. The molecule has 392 valence electrons. The van der Waals surface area contributed by atoms with Gasteiger partial charge in [0.15, 0.2) is 8.32 Å². The molecule has 3 N–H and O–H groups in total. The summed E-state index contributed by atoms with van der Waals surface area (Å²) in [4.78, 5) is 60.4. The van der Waals surface area contributed by atoms with Crippen molar-refractivity contribution in [3.8, 4) is 0 Å². The Kier molecular flexibility index (Phi) is 16.1. The summed E-state index contributed by atoms with van der Waals surface area (Å²) in [7, 11) is -5.60. The van der Waals surface area contributed by atoms with Gasteiger partial charge in [0.25, 0.3) is 19.4 Å². The summed E-state index contributed by atoms with van der Waals surface area (Å²) in [6.45, 7) is 18.6. The predicted octanol–water partition coefficient (Wildman–Crippen LogP) is 8.00. The lowest BCUT2D eigenvalue weighted by Crippen LogP contribution is -2.68. The van der Waals surface area contributed by atoms with Gasteiger partial charge in [-0.15, -0.1) is 0 Å². The maximum atomic E-state index is 13.6. The van der Waals surface area contributed by atoms with Gasteiger partial charge in [0.2, 0.25) is 0 Å². The molecule has 2 fully saturated rings. The molecule has 0 radical (unpaired) electrons. The van der Waals surface area contributed by atoms with Crippen molar-refractivity contribution in [1.82, 2.24) is 24.1 Å². The van der Waals surface area contributed by atoms with Crippen molar-refractivity contribution in [2.24, 2.45) is 0 Å². The van der Waals surface area contributed by atoms with E-state index in [0.717, 1.165) is 27.0 Å². The second kappa shape index (κ2) is 21.5. The van der Waals surface area contributed by atoms with Crippen LogP contribution in [0.15, 0.2) is 123 Å². The third kappa shape index (κ3) is 11.9. The Morgan fingerprint density at radius 3 is 1.74 bits per heavy atom. The maximum Gasteiger partial charge on any atom is 0.330 e. The van der Waals surface area contributed by atoms with E-state index in [1.807, 2.05) is 67.6 Å². The first-order valence-corrected chi connectivity index (χ1v) is 32.3. The van der Waals surface area contributed by atoms with E-state index < -0.39 is 93.9 Å². The molecule has 0 aliphatic carbocycles. The van der Waals surface area contributed by atoms with Crippen LogP contribution in [0.1, 0.15) is 90.6 Å². The number of aromatic amines is 3. The van der Waals surface area contributed by atoms with E-state index in [-0.39, 0.29) is 31.1 Å². The summed E-state index contributed by atoms with van der Waals surface area (Å²) < 4.78 is 51.6. The zero-order valence-corrected chi connectivity index (χ0v) is 47.3. The van der Waals surface area contributed by atoms with Crippen LogP contribution >= 0.6 is 6.72 Å². The molecule has 0 saturated carbocycles. The van der Waals surface area contributed by atoms with Crippen molar-refractivity contribution < 1.29 is 31.9 Å². The number of benzene rings is 3. The van der Waals surface area contributed by atoms with Crippen LogP contribution in [0.2, 0.25) is 23.2 Å². The molecule has 20 heteroatoms. The number of hydrogen-bond donors (Lipinski definition) is 3. The smallest absolute Gasteiger partial charge is 0.330 e. The van der Waals surface area contributed by atoms with Crippen molar-refractivity contribution in [3.63, 3.8) is 0 Å². The Hall–Kier alpha value is -4.64. The first-order valence-electron chi connectivity index (χ1n) is 24.9. The van der Waals surface area contributed by atoms with E-state index in [1.165, 1.54) is 21.5 Å². The van der Waals surface area contributed by atoms with Crippen LogP contribution in [0.5, 0.6) is 0 Å². The average molecular weight is 1070 g/mol. The zero-order chi connectivity index (χ0) is 52.7. The van der Waals surface area contributed by atoms with E-state index >= 15 is 0 Å². The topological polar surface area (TPSA) is 190 Å². The zero-order valence-electron chi connectivity index (χ0n) is 43.6. The molecule has 2 aliphatic rings. The van der Waals surface area contributed by atoms with Gasteiger partial charge in [0, 0.05) is 54.0 Å². The van der Waals surface area contributed by atoms with Gasteiger partial charge in [-0.1, -0.05) is 120 Å². The summed E-state index contributed by atoms with van der Waals surface area (Å²) in [5.74, 6) is 0. The summed E-state index contributed by atoms with van der Waals surface area (Å²) >= 11 is 6.50. The molecule has 5 heterocycles. The predicted molar refractivity (Wildman–Crippen MR) is 292 cm³/mol. The Bertz CT molecular complexity index is 3110. The number of nitrogens with zero attached hydrogens (tertiary/aromatic N) is 2. The Morgan fingerprint density at radius 2 is 1.22 bits per heavy atom. The van der Waals surface area contributed by atoms with Gasteiger partial charge in [-0.2, -0.15) is 0 Å². The molecule has 2 aliphatic heterocycles. The maximum absolute atomic E-state index is 13.6. The highest BCUT2D eigenvalue weighted by Crippen LogP contribution is 2.56. The van der Waals surface area contributed by atoms with Crippen molar-refractivity contribution in [2.75, 3.05) is 13.2 Å². The fourth-order valence-electron chi connectivity index (χ4n) is 9.53. The third-order valence-electron chi connectivity index (χ3n) is 14.5. The fraction of sp³-hybridized carbons (Fsp3) is 0.472. The van der Waals surface area contributed by atoms with Crippen LogP contribution in [0.3, 0.4) is 0 Å². The normalized spacial score (nSPS) is 22.2. The van der Waals surface area contributed by atoms with Gasteiger partial charge >= 0.3 is 18.1 Å². The highest BCUT2D eigenvalue weighted by atomic mass is 32.5. The van der Waals surface area contributed by atoms with Gasteiger partial charge < -0.3 is 36.9 Å². The SMILES string of the molecule is Cc1cn([C@H]2C[C@H](O[Si](c3ccccc3)(c3ccccc3)C(C)(C)C)[C@@H](COP(=S)(O[C@H](C)Cc3cc4ccccc4[nH]3)O[C@H]3C[C@H](n4cc(C)c(=O)[nH]c4=O)O[C@@H]3CO[Si](C)(C)C(C)(C)C)O2)c(=O)[nH]c1=O. The van der Waals surface area contributed by atoms with Crippen molar-refractivity contribution in [1.29, 1.82) is 0 Å². The Morgan fingerprint density at radius 1 is 0.712 bits per heavy atom. The molecule has 0 bridgehead atoms. The highest BCUT2D eigenvalue weighted by molar-refractivity contribution is 8.07. The van der Waals surface area contributed by atoms with E-state index in [2.05, 4.69) is 99.9 Å². The lowest BCUT2D eigenvalue weighted by Gasteiger charge is -2.45. The van der Waals surface area contributed by atoms with E-state index in [9.17, 15) is 19.2 Å². The van der Waals surface area contributed by atoms with Crippen LogP contribution in [0.4, 0.5) is 0 Å². The minimum Gasteiger partial charge on any atom is -0.414 e. The first-order chi connectivity index (χ1) is 34.4. The molecule has 3 aromatic carbocycles. The monoisotopic (exact) mass is 1070 g/mol. The van der Waals surface area contributed by atoms with Crippen LogP contribution in [-0.2, 0) is 50.1 Å². The molecule has 0 amide bonds. The number of H-pyrrole nitrogens is 3. The molecule has 8 atom stereocenters. The van der Waals surface area contributed by atoms with Crippen molar-refractivity contribution in [3.05, 3.63) is 162 Å². The quantitative estimate of drug-likeness (QED) is 0.0557. The summed E-state index contributed by atoms with van der Waals surface area (Å²) in [6, 6.07) is 30.6. The largest absolute Gasteiger partial charge is 0.414 e. The Labute approximate surface area is 433 Å². The summed E-state index contributed by atoms with van der Waals surface area (Å²) in [5, 5.41) is 2.61. The second-order valence-corrected chi connectivity index (χ2v) is 33.9. The van der Waals surface area contributed by atoms with Crippen LogP contribution in [0, 0.1) is 13.8 Å². The second-order valence-electron chi connectivity index (χ2n) is 22.0. The number of ether oxygens (including phenoxy) is 2. The lowest BCUT2D eigenvalue weighted by atomic mass is 10.2. The van der Waals surface area contributed by atoms with Gasteiger partial charge in [-0.05, 0) is 83.6 Å². The first kappa shape index (κ1) is 54.6. The van der Waals surface area contributed by atoms with Crippen LogP contribution < -0.4 is 32.9 Å². The average Bonchev–Trinajstić information content (AvgIpc) is 4.05. The Balaban J connectivity index is 1.18. The lowest BCUT2D eigenvalue weighted by molar-refractivity contribution is -0.0539. The molecule has 3 aromatic heterocycles. The molecule has 16 nitrogen and oxygen atoms in total. The van der Waals surface area contributed by atoms with E-state index in [4.69, 9.17) is 43.7 Å². The van der Waals surface area contributed by atoms with E-state index in [0.29, 0.717) is 17.5 Å². The number of hydrogen-bond acceptors (Lipinski definition) is 12. The van der Waals surface area contributed by atoms with Gasteiger partial charge in [0.1, 0.15) is 24.7 Å². The van der Waals surface area contributed by atoms with E-state index in [1.54, 1.807) is 13.8 Å². The molecule has 2 saturated heterocycles. The highest BCUT2D eigenvalue weighted by Gasteiger charge is 2.54. The van der Waals surface area contributed by atoms with Gasteiger partial charge in [0.05, 0.1) is 31.5 Å².